The Morgan fingerprint density at radius 1 is 1.06 bits per heavy atom. The molecule has 90 valence electrons. The summed E-state index contributed by atoms with van der Waals surface area (Å²) in [6.45, 7) is 0. The fourth-order valence-electron chi connectivity index (χ4n) is 1.39. The maximum Gasteiger partial charge on any atom is 0.309 e. The van der Waals surface area contributed by atoms with Gasteiger partial charge in [0.25, 0.3) is 0 Å². The quantitative estimate of drug-likeness (QED) is 0.795. The highest BCUT2D eigenvalue weighted by Gasteiger charge is 2.13. The Labute approximate surface area is 96.9 Å². The first-order valence-corrected chi connectivity index (χ1v) is 6.26. The SMILES string of the molecule is O=S(=O)(F)Cc1ccc(-c2ccc(F)cc2)o1. The van der Waals surface area contributed by atoms with E-state index in [0.29, 0.717) is 11.3 Å². The number of halogens is 2. The summed E-state index contributed by atoms with van der Waals surface area (Å²) in [6.07, 6.45) is 0. The van der Waals surface area contributed by atoms with Crippen LogP contribution in [-0.2, 0) is 16.0 Å². The van der Waals surface area contributed by atoms with Gasteiger partial charge in [-0.3, -0.25) is 0 Å². The smallest absolute Gasteiger partial charge is 0.309 e. The van der Waals surface area contributed by atoms with E-state index >= 15 is 0 Å². The van der Waals surface area contributed by atoms with Gasteiger partial charge < -0.3 is 4.42 Å². The van der Waals surface area contributed by atoms with E-state index in [0.717, 1.165) is 0 Å². The predicted octanol–water partition coefficient (Wildman–Crippen LogP) is 2.89. The van der Waals surface area contributed by atoms with Crippen LogP contribution in [0.1, 0.15) is 5.76 Å². The van der Waals surface area contributed by atoms with Crippen molar-refractivity contribution in [3.05, 3.63) is 48.0 Å². The Balaban J connectivity index is 2.27. The number of hydrogen-bond donors (Lipinski definition) is 0. The second-order valence-electron chi connectivity index (χ2n) is 3.46. The van der Waals surface area contributed by atoms with E-state index in [-0.39, 0.29) is 11.6 Å². The average Bonchev–Trinajstić information content (AvgIpc) is 2.64. The Hall–Kier alpha value is -1.69. The van der Waals surface area contributed by atoms with Crippen LogP contribution in [0.3, 0.4) is 0 Å². The summed E-state index contributed by atoms with van der Waals surface area (Å²) in [7, 11) is -4.61. The molecule has 0 aliphatic carbocycles. The second-order valence-corrected chi connectivity index (χ2v) is 4.82. The lowest BCUT2D eigenvalue weighted by atomic mass is 10.2. The molecule has 0 N–H and O–H groups in total. The molecule has 1 heterocycles. The number of hydrogen-bond acceptors (Lipinski definition) is 3. The molecule has 6 heteroatoms. The number of benzene rings is 1. The molecule has 0 spiro atoms. The van der Waals surface area contributed by atoms with Crippen molar-refractivity contribution in [2.75, 3.05) is 0 Å². The third-order valence-corrected chi connectivity index (χ3v) is 2.73. The molecule has 1 aromatic carbocycles. The van der Waals surface area contributed by atoms with E-state index in [1.165, 1.54) is 36.4 Å². The van der Waals surface area contributed by atoms with Crippen LogP contribution < -0.4 is 0 Å². The monoisotopic (exact) mass is 258 g/mol. The van der Waals surface area contributed by atoms with Crippen LogP contribution in [0.15, 0.2) is 40.8 Å². The Morgan fingerprint density at radius 3 is 2.29 bits per heavy atom. The minimum absolute atomic E-state index is 0.00632. The molecular weight excluding hydrogens is 250 g/mol. The van der Waals surface area contributed by atoms with Crippen molar-refractivity contribution in [2.45, 2.75) is 5.75 Å². The zero-order chi connectivity index (χ0) is 12.5. The summed E-state index contributed by atoms with van der Waals surface area (Å²) in [4.78, 5) is 0. The highest BCUT2D eigenvalue weighted by molar-refractivity contribution is 7.85. The maximum atomic E-state index is 12.7. The lowest BCUT2D eigenvalue weighted by Crippen LogP contribution is -1.93. The van der Waals surface area contributed by atoms with Gasteiger partial charge in [-0.2, -0.15) is 8.42 Å². The lowest BCUT2D eigenvalue weighted by Gasteiger charge is -1.96. The fraction of sp³-hybridized carbons (Fsp3) is 0.0909. The summed E-state index contributed by atoms with van der Waals surface area (Å²) in [5, 5.41) is 0. The van der Waals surface area contributed by atoms with Crippen molar-refractivity contribution in [3.8, 4) is 11.3 Å². The molecule has 2 aromatic rings. The van der Waals surface area contributed by atoms with E-state index in [4.69, 9.17) is 4.42 Å². The molecule has 0 saturated carbocycles. The largest absolute Gasteiger partial charge is 0.460 e. The molecule has 0 fully saturated rings. The van der Waals surface area contributed by atoms with Gasteiger partial charge in [-0.15, -0.1) is 3.89 Å². The van der Waals surface area contributed by atoms with Crippen LogP contribution in [0.2, 0.25) is 0 Å². The molecule has 0 radical (unpaired) electrons. The minimum Gasteiger partial charge on any atom is -0.460 e. The highest BCUT2D eigenvalue weighted by atomic mass is 32.3. The molecule has 1 aromatic heterocycles. The standard InChI is InChI=1S/C11H8F2O3S/c12-9-3-1-8(2-4-9)11-6-5-10(16-11)7-17(13,14)15/h1-6H,7H2. The third-order valence-electron chi connectivity index (χ3n) is 2.11. The molecule has 0 unspecified atom stereocenters. The van der Waals surface area contributed by atoms with Gasteiger partial charge in [-0.1, -0.05) is 0 Å². The predicted molar refractivity (Wildman–Crippen MR) is 57.8 cm³/mol. The molecule has 0 atom stereocenters. The molecule has 0 amide bonds. The van der Waals surface area contributed by atoms with Gasteiger partial charge in [0.1, 0.15) is 23.1 Å². The van der Waals surface area contributed by atoms with Crippen LogP contribution in [0.5, 0.6) is 0 Å². The molecule has 0 saturated heterocycles. The van der Waals surface area contributed by atoms with Gasteiger partial charge >= 0.3 is 10.2 Å². The maximum absolute atomic E-state index is 12.7. The fourth-order valence-corrected chi connectivity index (χ4v) is 1.89. The first-order valence-electron chi connectivity index (χ1n) is 4.71. The van der Waals surface area contributed by atoms with E-state index in [9.17, 15) is 16.7 Å². The van der Waals surface area contributed by atoms with Gasteiger partial charge in [-0.25, -0.2) is 4.39 Å². The number of furan rings is 1. The number of rotatable bonds is 3. The zero-order valence-corrected chi connectivity index (χ0v) is 9.38. The van der Waals surface area contributed by atoms with Gasteiger partial charge in [0.15, 0.2) is 0 Å². The molecule has 3 nitrogen and oxygen atoms in total. The van der Waals surface area contributed by atoms with Crippen molar-refractivity contribution in [2.24, 2.45) is 0 Å². The van der Waals surface area contributed by atoms with Crippen molar-refractivity contribution in [1.82, 2.24) is 0 Å². The van der Waals surface area contributed by atoms with E-state index in [1.807, 2.05) is 0 Å². The van der Waals surface area contributed by atoms with Crippen LogP contribution in [-0.4, -0.2) is 8.42 Å². The minimum atomic E-state index is -4.61. The topological polar surface area (TPSA) is 47.3 Å². The summed E-state index contributed by atoms with van der Waals surface area (Å²) in [6, 6.07) is 8.36. The molecule has 17 heavy (non-hydrogen) atoms. The first kappa shape index (κ1) is 11.8. The van der Waals surface area contributed by atoms with Gasteiger partial charge in [0, 0.05) is 5.56 Å². The van der Waals surface area contributed by atoms with Crippen molar-refractivity contribution in [1.29, 1.82) is 0 Å². The Bertz CT molecular complexity index is 614. The summed E-state index contributed by atoms with van der Waals surface area (Å²) < 4.78 is 51.0. The van der Waals surface area contributed by atoms with E-state index in [1.54, 1.807) is 0 Å². The first-order chi connectivity index (χ1) is 7.94. The molecule has 0 aliphatic heterocycles. The van der Waals surface area contributed by atoms with Gasteiger partial charge in [-0.05, 0) is 36.4 Å². The average molecular weight is 258 g/mol. The van der Waals surface area contributed by atoms with Crippen LogP contribution >= 0.6 is 0 Å². The molecule has 2 rings (SSSR count). The summed E-state index contributed by atoms with van der Waals surface area (Å²) in [5.74, 6) is -0.809. The van der Waals surface area contributed by atoms with Crippen molar-refractivity contribution >= 4 is 10.2 Å². The van der Waals surface area contributed by atoms with E-state index in [2.05, 4.69) is 0 Å². The summed E-state index contributed by atoms with van der Waals surface area (Å²) >= 11 is 0. The lowest BCUT2D eigenvalue weighted by molar-refractivity contribution is 0.516. The van der Waals surface area contributed by atoms with Crippen LogP contribution in [0.4, 0.5) is 8.28 Å². The molecule has 0 aliphatic rings. The van der Waals surface area contributed by atoms with Crippen LogP contribution in [0, 0.1) is 5.82 Å². The van der Waals surface area contributed by atoms with Crippen LogP contribution in [0.25, 0.3) is 11.3 Å². The Kier molecular flexibility index (Phi) is 2.97. The molecular formula is C11H8F2O3S. The summed E-state index contributed by atoms with van der Waals surface area (Å²) in [5.41, 5.74) is 0.592. The Morgan fingerprint density at radius 2 is 1.71 bits per heavy atom. The normalized spacial score (nSPS) is 11.6. The molecule has 0 bridgehead atoms. The zero-order valence-electron chi connectivity index (χ0n) is 8.56. The van der Waals surface area contributed by atoms with E-state index < -0.39 is 16.0 Å². The highest BCUT2D eigenvalue weighted by Crippen LogP contribution is 2.23. The second kappa shape index (κ2) is 4.29. The van der Waals surface area contributed by atoms with Crippen molar-refractivity contribution < 1.29 is 21.1 Å². The van der Waals surface area contributed by atoms with Crippen molar-refractivity contribution in [3.63, 3.8) is 0 Å². The van der Waals surface area contributed by atoms with Gasteiger partial charge in [0.2, 0.25) is 0 Å². The third kappa shape index (κ3) is 3.13. The van der Waals surface area contributed by atoms with Gasteiger partial charge in [0.05, 0.1) is 0 Å².